The molecular formula is C22H37ClO5Si. The van der Waals surface area contributed by atoms with Crippen molar-refractivity contribution in [2.24, 2.45) is 0 Å². The minimum atomic E-state index is -2.15. The lowest BCUT2D eigenvalue weighted by molar-refractivity contribution is -0.226. The van der Waals surface area contributed by atoms with Crippen LogP contribution in [0.3, 0.4) is 0 Å². The van der Waals surface area contributed by atoms with Gasteiger partial charge < -0.3 is 23.4 Å². The Bertz CT molecular complexity index is 710. The molecule has 0 N–H and O–H groups in total. The molecule has 0 bridgehead atoms. The number of hydrogen-bond donors (Lipinski definition) is 0. The lowest BCUT2D eigenvalue weighted by atomic mass is 10.0. The SMILES string of the molecule is C=C(C[C@@H](OC(C)(C)OC)c1ccc(OC)c(O[Si](C)(C)C(C)(C)C)c1Cl)OC. The summed E-state index contributed by atoms with van der Waals surface area (Å²) in [6, 6.07) is 3.74. The molecule has 0 aliphatic rings. The van der Waals surface area contributed by atoms with Gasteiger partial charge in [0.25, 0.3) is 8.32 Å². The van der Waals surface area contributed by atoms with Crippen LogP contribution >= 0.6 is 11.6 Å². The van der Waals surface area contributed by atoms with E-state index >= 15 is 0 Å². The summed E-state index contributed by atoms with van der Waals surface area (Å²) in [5.74, 6) is 0.909. The Morgan fingerprint density at radius 3 is 2.14 bits per heavy atom. The summed E-state index contributed by atoms with van der Waals surface area (Å²) in [5, 5.41) is 0.477. The molecule has 0 aliphatic carbocycles. The lowest BCUT2D eigenvalue weighted by Crippen LogP contribution is -2.44. The van der Waals surface area contributed by atoms with E-state index in [-0.39, 0.29) is 5.04 Å². The van der Waals surface area contributed by atoms with E-state index in [2.05, 4.69) is 40.4 Å². The first kappa shape index (κ1) is 25.8. The standard InChI is InChI=1S/C22H37ClO5Si/c1-15(24-7)14-18(27-22(5,6)26-9)16-12-13-17(25-8)20(19(16)23)28-29(10,11)21(2,3)4/h12-13,18H,1,14H2,2-11H3/t18-/m1/s1. The van der Waals surface area contributed by atoms with E-state index in [1.165, 1.54) is 0 Å². The summed E-state index contributed by atoms with van der Waals surface area (Å²) in [6.07, 6.45) is -0.00734. The first-order chi connectivity index (χ1) is 13.2. The molecule has 0 spiro atoms. The second-order valence-electron chi connectivity index (χ2n) is 9.02. The Hall–Kier alpha value is -1.21. The quantitative estimate of drug-likeness (QED) is 0.227. The van der Waals surface area contributed by atoms with Crippen LogP contribution < -0.4 is 9.16 Å². The number of rotatable bonds is 10. The predicted molar refractivity (Wildman–Crippen MR) is 122 cm³/mol. The Morgan fingerprint density at radius 1 is 1.10 bits per heavy atom. The molecule has 29 heavy (non-hydrogen) atoms. The van der Waals surface area contributed by atoms with Gasteiger partial charge in [-0.05, 0) is 38.0 Å². The van der Waals surface area contributed by atoms with Crippen molar-refractivity contribution >= 4 is 19.9 Å². The van der Waals surface area contributed by atoms with Crippen LogP contribution in [0.15, 0.2) is 24.5 Å². The van der Waals surface area contributed by atoms with Crippen molar-refractivity contribution in [1.29, 1.82) is 0 Å². The van der Waals surface area contributed by atoms with Crippen LogP contribution in [-0.2, 0) is 14.2 Å². The van der Waals surface area contributed by atoms with Gasteiger partial charge in [0.15, 0.2) is 17.3 Å². The molecule has 1 rings (SSSR count). The summed E-state index contributed by atoms with van der Waals surface area (Å²) in [5.41, 5.74) is 0.768. The molecule has 7 heteroatoms. The maximum Gasteiger partial charge on any atom is 0.250 e. The van der Waals surface area contributed by atoms with Crippen LogP contribution in [0.2, 0.25) is 23.2 Å². The fraction of sp³-hybridized carbons (Fsp3) is 0.636. The van der Waals surface area contributed by atoms with Crippen LogP contribution in [0.1, 0.15) is 52.7 Å². The van der Waals surface area contributed by atoms with E-state index in [4.69, 9.17) is 35.0 Å². The Kier molecular flexibility index (Phi) is 8.66. The maximum absolute atomic E-state index is 6.87. The van der Waals surface area contributed by atoms with Gasteiger partial charge in [-0.25, -0.2) is 0 Å². The molecule has 0 unspecified atom stereocenters. The van der Waals surface area contributed by atoms with Crippen molar-refractivity contribution in [3.63, 3.8) is 0 Å². The molecule has 0 aromatic heterocycles. The number of methoxy groups -OCH3 is 3. The number of halogens is 1. The fourth-order valence-electron chi connectivity index (χ4n) is 2.36. The first-order valence-electron chi connectivity index (χ1n) is 9.69. The molecule has 1 aromatic rings. The van der Waals surface area contributed by atoms with Crippen molar-refractivity contribution < 1.29 is 23.4 Å². The van der Waals surface area contributed by atoms with E-state index in [0.717, 1.165) is 5.56 Å². The monoisotopic (exact) mass is 444 g/mol. The minimum absolute atomic E-state index is 0.00955. The second-order valence-corrected chi connectivity index (χ2v) is 14.1. The molecule has 1 aromatic carbocycles. The molecule has 166 valence electrons. The third-order valence-electron chi connectivity index (χ3n) is 5.44. The highest BCUT2D eigenvalue weighted by Crippen LogP contribution is 2.47. The van der Waals surface area contributed by atoms with Crippen molar-refractivity contribution in [2.45, 2.75) is 71.1 Å². The van der Waals surface area contributed by atoms with Crippen LogP contribution in [0, 0.1) is 0 Å². The Morgan fingerprint density at radius 2 is 1.69 bits per heavy atom. The van der Waals surface area contributed by atoms with Gasteiger partial charge in [-0.1, -0.05) is 45.0 Å². The predicted octanol–water partition coefficient (Wildman–Crippen LogP) is 6.72. The molecule has 0 radical (unpaired) electrons. The number of ether oxygens (including phenoxy) is 4. The zero-order valence-corrected chi connectivity index (χ0v) is 21.3. The highest BCUT2D eigenvalue weighted by molar-refractivity contribution is 6.74. The molecule has 0 amide bonds. The summed E-state index contributed by atoms with van der Waals surface area (Å²) in [7, 11) is 2.65. The number of hydrogen-bond acceptors (Lipinski definition) is 5. The van der Waals surface area contributed by atoms with Crippen LogP contribution in [0.4, 0.5) is 0 Å². The van der Waals surface area contributed by atoms with Gasteiger partial charge in [0.05, 0.1) is 31.1 Å². The Balaban J connectivity index is 3.50. The smallest absolute Gasteiger partial charge is 0.250 e. The van der Waals surface area contributed by atoms with Gasteiger partial charge >= 0.3 is 0 Å². The van der Waals surface area contributed by atoms with E-state index in [9.17, 15) is 0 Å². The Labute approximate surface area is 182 Å². The molecular weight excluding hydrogens is 408 g/mol. The largest absolute Gasteiger partial charge is 0.540 e. The molecule has 0 saturated heterocycles. The van der Waals surface area contributed by atoms with Gasteiger partial charge in [0.1, 0.15) is 0 Å². The van der Waals surface area contributed by atoms with Crippen LogP contribution in [-0.4, -0.2) is 35.4 Å². The average molecular weight is 445 g/mol. The molecule has 5 nitrogen and oxygen atoms in total. The lowest BCUT2D eigenvalue weighted by Gasteiger charge is -2.37. The zero-order chi connectivity index (χ0) is 22.6. The fourth-order valence-corrected chi connectivity index (χ4v) is 3.76. The van der Waals surface area contributed by atoms with Gasteiger partial charge in [0.2, 0.25) is 0 Å². The summed E-state index contributed by atoms with van der Waals surface area (Å²) < 4.78 is 29.1. The van der Waals surface area contributed by atoms with E-state index < -0.39 is 20.2 Å². The van der Waals surface area contributed by atoms with Crippen LogP contribution in [0.5, 0.6) is 11.5 Å². The van der Waals surface area contributed by atoms with Crippen LogP contribution in [0.25, 0.3) is 0 Å². The van der Waals surface area contributed by atoms with Crippen molar-refractivity contribution in [3.8, 4) is 11.5 Å². The highest BCUT2D eigenvalue weighted by atomic mass is 35.5. The first-order valence-corrected chi connectivity index (χ1v) is 13.0. The topological polar surface area (TPSA) is 46.2 Å². The van der Waals surface area contributed by atoms with Crippen molar-refractivity contribution in [2.75, 3.05) is 21.3 Å². The molecule has 1 atom stereocenters. The normalized spacial score (nSPS) is 13.8. The van der Waals surface area contributed by atoms with E-state index in [0.29, 0.717) is 28.7 Å². The zero-order valence-electron chi connectivity index (χ0n) is 19.6. The highest BCUT2D eigenvalue weighted by Gasteiger charge is 2.40. The van der Waals surface area contributed by atoms with Crippen molar-refractivity contribution in [3.05, 3.63) is 35.1 Å². The number of benzene rings is 1. The summed E-state index contributed by atoms with van der Waals surface area (Å²) >= 11 is 6.87. The van der Waals surface area contributed by atoms with Gasteiger partial charge in [-0.2, -0.15) is 0 Å². The van der Waals surface area contributed by atoms with E-state index in [1.807, 2.05) is 26.0 Å². The molecule has 0 fully saturated rings. The maximum atomic E-state index is 6.87. The van der Waals surface area contributed by atoms with E-state index in [1.54, 1.807) is 21.3 Å². The van der Waals surface area contributed by atoms with Gasteiger partial charge in [-0.15, -0.1) is 0 Å². The third-order valence-corrected chi connectivity index (χ3v) is 10.2. The second kappa shape index (κ2) is 9.73. The molecule has 0 aliphatic heterocycles. The van der Waals surface area contributed by atoms with Crippen molar-refractivity contribution in [1.82, 2.24) is 0 Å². The summed E-state index contributed by atoms with van der Waals surface area (Å²) in [6.45, 7) is 18.5. The summed E-state index contributed by atoms with van der Waals surface area (Å²) in [4.78, 5) is 0. The van der Waals surface area contributed by atoms with Gasteiger partial charge in [0, 0.05) is 19.1 Å². The minimum Gasteiger partial charge on any atom is -0.540 e. The molecule has 0 heterocycles. The third kappa shape index (κ3) is 6.64. The average Bonchev–Trinajstić information content (AvgIpc) is 2.61. The molecule has 0 saturated carbocycles. The van der Waals surface area contributed by atoms with Gasteiger partial charge in [-0.3, -0.25) is 0 Å².